The van der Waals surface area contributed by atoms with Crippen LogP contribution in [0.3, 0.4) is 0 Å². The lowest BCUT2D eigenvalue weighted by Gasteiger charge is -2.11. The monoisotopic (exact) mass is 286 g/mol. The zero-order valence-electron chi connectivity index (χ0n) is 11.8. The van der Waals surface area contributed by atoms with Crippen molar-refractivity contribution in [3.05, 3.63) is 33.9 Å². The highest BCUT2D eigenvalue weighted by Gasteiger charge is 2.27. The van der Waals surface area contributed by atoms with Gasteiger partial charge in [0.1, 0.15) is 16.9 Å². The molecular formula is C16H14O5. The third-order valence-corrected chi connectivity index (χ3v) is 4.08. The Labute approximate surface area is 120 Å². The SMILES string of the molecule is COc1c2occc2c(OC)c2c(=O)c3c(oc12)CCC3. The van der Waals surface area contributed by atoms with Crippen molar-refractivity contribution in [3.8, 4) is 11.5 Å². The molecule has 3 aromatic rings. The van der Waals surface area contributed by atoms with E-state index in [0.717, 1.165) is 30.6 Å². The first kappa shape index (κ1) is 12.3. The molecule has 0 fully saturated rings. The predicted octanol–water partition coefficient (Wildman–Crippen LogP) is 3.05. The van der Waals surface area contributed by atoms with Crippen LogP contribution in [0, 0.1) is 0 Å². The Morgan fingerprint density at radius 2 is 1.90 bits per heavy atom. The molecule has 1 aromatic carbocycles. The summed E-state index contributed by atoms with van der Waals surface area (Å²) in [5.74, 6) is 1.68. The lowest BCUT2D eigenvalue weighted by Crippen LogP contribution is -2.10. The molecule has 0 bridgehead atoms. The molecule has 108 valence electrons. The van der Waals surface area contributed by atoms with Crippen molar-refractivity contribution < 1.29 is 18.3 Å². The minimum absolute atomic E-state index is 0.0259. The van der Waals surface area contributed by atoms with Crippen molar-refractivity contribution in [2.75, 3.05) is 14.2 Å². The Morgan fingerprint density at radius 1 is 1.10 bits per heavy atom. The van der Waals surface area contributed by atoms with Crippen molar-refractivity contribution in [1.29, 1.82) is 0 Å². The summed E-state index contributed by atoms with van der Waals surface area (Å²) in [6.45, 7) is 0. The number of hydrogen-bond acceptors (Lipinski definition) is 5. The largest absolute Gasteiger partial charge is 0.495 e. The first-order valence-electron chi connectivity index (χ1n) is 6.86. The highest BCUT2D eigenvalue weighted by Crippen LogP contribution is 2.43. The van der Waals surface area contributed by atoms with Crippen LogP contribution in [0.4, 0.5) is 0 Å². The zero-order valence-corrected chi connectivity index (χ0v) is 11.8. The van der Waals surface area contributed by atoms with E-state index in [2.05, 4.69) is 0 Å². The van der Waals surface area contributed by atoms with Crippen LogP contribution >= 0.6 is 0 Å². The summed E-state index contributed by atoms with van der Waals surface area (Å²) in [6.07, 6.45) is 4.02. The number of furan rings is 1. The van der Waals surface area contributed by atoms with Crippen LogP contribution < -0.4 is 14.9 Å². The number of fused-ring (bicyclic) bond motifs is 3. The van der Waals surface area contributed by atoms with Gasteiger partial charge in [0.15, 0.2) is 16.6 Å². The molecule has 4 rings (SSSR count). The molecule has 5 nitrogen and oxygen atoms in total. The molecule has 2 aromatic heterocycles. The summed E-state index contributed by atoms with van der Waals surface area (Å²) in [7, 11) is 3.08. The molecule has 0 spiro atoms. The number of ether oxygens (including phenoxy) is 2. The second-order valence-corrected chi connectivity index (χ2v) is 5.12. The predicted molar refractivity (Wildman–Crippen MR) is 77.4 cm³/mol. The molecule has 2 heterocycles. The van der Waals surface area contributed by atoms with Crippen LogP contribution in [-0.2, 0) is 12.8 Å². The molecule has 0 radical (unpaired) electrons. The Bertz CT molecular complexity index is 916. The Hall–Kier alpha value is -2.43. The maximum absolute atomic E-state index is 12.8. The summed E-state index contributed by atoms with van der Waals surface area (Å²) in [5, 5.41) is 1.15. The topological polar surface area (TPSA) is 61.8 Å². The van der Waals surface area contributed by atoms with Gasteiger partial charge in [-0.25, -0.2) is 0 Å². The average Bonchev–Trinajstić information content (AvgIpc) is 3.13. The van der Waals surface area contributed by atoms with Gasteiger partial charge in [0.25, 0.3) is 0 Å². The van der Waals surface area contributed by atoms with Gasteiger partial charge >= 0.3 is 0 Å². The van der Waals surface area contributed by atoms with Crippen molar-refractivity contribution in [3.63, 3.8) is 0 Å². The van der Waals surface area contributed by atoms with E-state index in [1.807, 2.05) is 0 Å². The Morgan fingerprint density at radius 3 is 2.67 bits per heavy atom. The molecular weight excluding hydrogens is 272 g/mol. The van der Waals surface area contributed by atoms with Gasteiger partial charge < -0.3 is 18.3 Å². The van der Waals surface area contributed by atoms with E-state index in [-0.39, 0.29) is 5.43 Å². The number of benzene rings is 1. The van der Waals surface area contributed by atoms with E-state index in [0.29, 0.717) is 33.4 Å². The maximum atomic E-state index is 12.8. The summed E-state index contributed by atoms with van der Waals surface area (Å²) < 4.78 is 22.3. The average molecular weight is 286 g/mol. The number of aryl methyl sites for hydroxylation is 1. The van der Waals surface area contributed by atoms with E-state index in [1.165, 1.54) is 7.11 Å². The Kier molecular flexibility index (Phi) is 2.51. The summed E-state index contributed by atoms with van der Waals surface area (Å²) in [5.41, 5.74) is 1.66. The van der Waals surface area contributed by atoms with Crippen LogP contribution in [0.2, 0.25) is 0 Å². The van der Waals surface area contributed by atoms with E-state index in [1.54, 1.807) is 19.4 Å². The van der Waals surface area contributed by atoms with Crippen LogP contribution in [-0.4, -0.2) is 14.2 Å². The molecule has 0 amide bonds. The standard InChI is InChI=1S/C16H14O5/c1-18-13-9-6-7-20-14(9)16(19-2)15-11(13)12(17)8-4-3-5-10(8)21-15/h6-7H,3-5H2,1-2H3. The van der Waals surface area contributed by atoms with Gasteiger partial charge in [0.05, 0.1) is 25.9 Å². The summed E-state index contributed by atoms with van der Waals surface area (Å²) in [6, 6.07) is 1.77. The fraction of sp³-hybridized carbons (Fsp3) is 0.312. The van der Waals surface area contributed by atoms with E-state index in [4.69, 9.17) is 18.3 Å². The van der Waals surface area contributed by atoms with Crippen molar-refractivity contribution in [2.45, 2.75) is 19.3 Å². The van der Waals surface area contributed by atoms with E-state index < -0.39 is 0 Å². The third kappa shape index (κ3) is 1.48. The normalized spacial score (nSPS) is 13.8. The molecule has 0 aliphatic heterocycles. The molecule has 0 atom stereocenters. The number of rotatable bonds is 2. The molecule has 0 saturated carbocycles. The van der Waals surface area contributed by atoms with Crippen LogP contribution in [0.1, 0.15) is 17.7 Å². The Balaban J connectivity index is 2.31. The molecule has 0 saturated heterocycles. The van der Waals surface area contributed by atoms with Gasteiger partial charge in [-0.3, -0.25) is 4.79 Å². The summed E-state index contributed by atoms with van der Waals surface area (Å²) in [4.78, 5) is 12.8. The lowest BCUT2D eigenvalue weighted by molar-refractivity contribution is 0.398. The van der Waals surface area contributed by atoms with Gasteiger partial charge in [-0.15, -0.1) is 0 Å². The highest BCUT2D eigenvalue weighted by atomic mass is 16.5. The highest BCUT2D eigenvalue weighted by molar-refractivity contribution is 6.06. The fourth-order valence-electron chi connectivity index (χ4n) is 3.16. The second-order valence-electron chi connectivity index (χ2n) is 5.12. The minimum atomic E-state index is -0.0259. The van der Waals surface area contributed by atoms with E-state index >= 15 is 0 Å². The third-order valence-electron chi connectivity index (χ3n) is 4.08. The van der Waals surface area contributed by atoms with E-state index in [9.17, 15) is 4.79 Å². The second kappa shape index (κ2) is 4.28. The molecule has 0 N–H and O–H groups in total. The molecule has 21 heavy (non-hydrogen) atoms. The zero-order chi connectivity index (χ0) is 14.6. The van der Waals surface area contributed by atoms with Crippen molar-refractivity contribution >= 4 is 21.9 Å². The van der Waals surface area contributed by atoms with Crippen LogP contribution in [0.15, 0.2) is 26.0 Å². The first-order valence-corrected chi connectivity index (χ1v) is 6.86. The van der Waals surface area contributed by atoms with Crippen molar-refractivity contribution in [2.24, 2.45) is 0 Å². The fourth-order valence-corrected chi connectivity index (χ4v) is 3.16. The first-order chi connectivity index (χ1) is 10.3. The maximum Gasteiger partial charge on any atom is 0.206 e. The van der Waals surface area contributed by atoms with Gasteiger partial charge in [0.2, 0.25) is 5.75 Å². The molecule has 1 aliphatic carbocycles. The molecule has 0 unspecified atom stereocenters. The van der Waals surface area contributed by atoms with Gasteiger partial charge in [-0.2, -0.15) is 0 Å². The smallest absolute Gasteiger partial charge is 0.206 e. The minimum Gasteiger partial charge on any atom is -0.495 e. The molecule has 1 aliphatic rings. The van der Waals surface area contributed by atoms with Crippen LogP contribution in [0.25, 0.3) is 21.9 Å². The van der Waals surface area contributed by atoms with Gasteiger partial charge in [-0.1, -0.05) is 0 Å². The quantitative estimate of drug-likeness (QED) is 0.724. The van der Waals surface area contributed by atoms with Gasteiger partial charge in [0, 0.05) is 12.0 Å². The van der Waals surface area contributed by atoms with Crippen molar-refractivity contribution in [1.82, 2.24) is 0 Å². The lowest BCUT2D eigenvalue weighted by atomic mass is 10.1. The van der Waals surface area contributed by atoms with Gasteiger partial charge in [-0.05, 0) is 18.9 Å². The number of hydrogen-bond donors (Lipinski definition) is 0. The van der Waals surface area contributed by atoms with Crippen LogP contribution in [0.5, 0.6) is 11.5 Å². The molecule has 5 heteroatoms. The number of methoxy groups -OCH3 is 2. The summed E-state index contributed by atoms with van der Waals surface area (Å²) >= 11 is 0.